The summed E-state index contributed by atoms with van der Waals surface area (Å²) in [6.45, 7) is 2.00. The normalized spacial score (nSPS) is 18.8. The van der Waals surface area contributed by atoms with Gasteiger partial charge in [0.05, 0.1) is 12.5 Å². The SMILES string of the molecule is CC1(NC(=O)CC(O)c2cccc(F)c2)CCC1. The number of rotatable bonds is 4. The molecule has 1 amide bonds. The molecule has 4 heteroatoms. The van der Waals surface area contributed by atoms with Gasteiger partial charge in [0, 0.05) is 5.54 Å². The molecule has 1 aliphatic rings. The van der Waals surface area contributed by atoms with Gasteiger partial charge < -0.3 is 10.4 Å². The summed E-state index contributed by atoms with van der Waals surface area (Å²) >= 11 is 0. The fourth-order valence-electron chi connectivity index (χ4n) is 2.23. The largest absolute Gasteiger partial charge is 0.388 e. The number of hydrogen-bond donors (Lipinski definition) is 2. The van der Waals surface area contributed by atoms with Gasteiger partial charge in [0.25, 0.3) is 0 Å². The highest BCUT2D eigenvalue weighted by atomic mass is 19.1. The van der Waals surface area contributed by atoms with Gasteiger partial charge in [0.1, 0.15) is 5.82 Å². The fraction of sp³-hybridized carbons (Fsp3) is 0.500. The van der Waals surface area contributed by atoms with Crippen molar-refractivity contribution in [3.05, 3.63) is 35.6 Å². The van der Waals surface area contributed by atoms with Crippen LogP contribution in [0.5, 0.6) is 0 Å². The molecule has 1 unspecified atom stereocenters. The van der Waals surface area contributed by atoms with Crippen molar-refractivity contribution in [2.75, 3.05) is 0 Å². The van der Waals surface area contributed by atoms with Gasteiger partial charge in [-0.25, -0.2) is 4.39 Å². The van der Waals surface area contributed by atoms with E-state index in [0.29, 0.717) is 5.56 Å². The van der Waals surface area contributed by atoms with Crippen molar-refractivity contribution >= 4 is 5.91 Å². The summed E-state index contributed by atoms with van der Waals surface area (Å²) < 4.78 is 13.0. The number of aliphatic hydroxyl groups is 1. The smallest absolute Gasteiger partial charge is 0.223 e. The molecular formula is C14H18FNO2. The zero-order valence-electron chi connectivity index (χ0n) is 10.4. The van der Waals surface area contributed by atoms with E-state index < -0.39 is 11.9 Å². The van der Waals surface area contributed by atoms with Crippen LogP contribution in [0.2, 0.25) is 0 Å². The Balaban J connectivity index is 1.90. The molecule has 3 nitrogen and oxygen atoms in total. The molecule has 1 atom stereocenters. The quantitative estimate of drug-likeness (QED) is 0.862. The Hall–Kier alpha value is -1.42. The first-order valence-corrected chi connectivity index (χ1v) is 6.23. The maximum atomic E-state index is 13.0. The van der Waals surface area contributed by atoms with Crippen LogP contribution in [0.15, 0.2) is 24.3 Å². The summed E-state index contributed by atoms with van der Waals surface area (Å²) in [4.78, 5) is 11.8. The summed E-state index contributed by atoms with van der Waals surface area (Å²) in [6, 6.07) is 5.71. The van der Waals surface area contributed by atoms with Crippen LogP contribution in [-0.4, -0.2) is 16.6 Å². The second-order valence-electron chi connectivity index (χ2n) is 5.24. The molecule has 0 saturated heterocycles. The Labute approximate surface area is 106 Å². The first-order chi connectivity index (χ1) is 8.48. The van der Waals surface area contributed by atoms with E-state index in [1.54, 1.807) is 6.07 Å². The lowest BCUT2D eigenvalue weighted by Crippen LogP contribution is -2.51. The number of carbonyl (C=O) groups excluding carboxylic acids is 1. The molecule has 0 aromatic heterocycles. The molecule has 1 fully saturated rings. The van der Waals surface area contributed by atoms with Crippen molar-refractivity contribution in [2.24, 2.45) is 0 Å². The lowest BCUT2D eigenvalue weighted by Gasteiger charge is -2.39. The third-order valence-electron chi connectivity index (χ3n) is 3.51. The van der Waals surface area contributed by atoms with Crippen molar-refractivity contribution in [3.8, 4) is 0 Å². The Morgan fingerprint density at radius 3 is 2.83 bits per heavy atom. The molecule has 0 aliphatic heterocycles. The van der Waals surface area contributed by atoms with Gasteiger partial charge in [-0.2, -0.15) is 0 Å². The molecule has 0 radical (unpaired) electrons. The van der Waals surface area contributed by atoms with Crippen LogP contribution in [-0.2, 0) is 4.79 Å². The number of benzene rings is 1. The van der Waals surface area contributed by atoms with Crippen LogP contribution in [0, 0.1) is 5.82 Å². The Morgan fingerprint density at radius 2 is 2.28 bits per heavy atom. The van der Waals surface area contributed by atoms with Crippen LogP contribution in [0.25, 0.3) is 0 Å². The highest BCUT2D eigenvalue weighted by molar-refractivity contribution is 5.77. The van der Waals surface area contributed by atoms with Gasteiger partial charge >= 0.3 is 0 Å². The van der Waals surface area contributed by atoms with Gasteiger partial charge in [0.15, 0.2) is 0 Å². The third kappa shape index (κ3) is 3.07. The second-order valence-corrected chi connectivity index (χ2v) is 5.24. The summed E-state index contributed by atoms with van der Waals surface area (Å²) in [7, 11) is 0. The molecule has 2 rings (SSSR count). The number of carbonyl (C=O) groups is 1. The topological polar surface area (TPSA) is 49.3 Å². The summed E-state index contributed by atoms with van der Waals surface area (Å²) in [5, 5.41) is 12.8. The van der Waals surface area contributed by atoms with E-state index in [4.69, 9.17) is 0 Å². The first-order valence-electron chi connectivity index (χ1n) is 6.23. The average Bonchev–Trinajstić information content (AvgIpc) is 2.26. The molecule has 0 heterocycles. The minimum absolute atomic E-state index is 0.0287. The minimum Gasteiger partial charge on any atom is -0.388 e. The van der Waals surface area contributed by atoms with Gasteiger partial charge in [-0.15, -0.1) is 0 Å². The van der Waals surface area contributed by atoms with E-state index in [9.17, 15) is 14.3 Å². The van der Waals surface area contributed by atoms with Crippen LogP contribution in [0.1, 0.15) is 44.3 Å². The van der Waals surface area contributed by atoms with Gasteiger partial charge in [-0.3, -0.25) is 4.79 Å². The molecule has 98 valence electrons. The fourth-order valence-corrected chi connectivity index (χ4v) is 2.23. The van der Waals surface area contributed by atoms with E-state index in [1.807, 2.05) is 6.92 Å². The molecule has 1 aromatic rings. The summed E-state index contributed by atoms with van der Waals surface area (Å²) in [5.41, 5.74) is 0.322. The van der Waals surface area contributed by atoms with Crippen LogP contribution >= 0.6 is 0 Å². The number of nitrogens with one attached hydrogen (secondary N) is 1. The van der Waals surface area contributed by atoms with Crippen LogP contribution in [0.4, 0.5) is 4.39 Å². The van der Waals surface area contributed by atoms with Crippen molar-refractivity contribution in [1.29, 1.82) is 0 Å². The number of aliphatic hydroxyl groups excluding tert-OH is 1. The lowest BCUT2D eigenvalue weighted by molar-refractivity contribution is -0.125. The monoisotopic (exact) mass is 251 g/mol. The van der Waals surface area contributed by atoms with Crippen molar-refractivity contribution in [1.82, 2.24) is 5.32 Å². The van der Waals surface area contributed by atoms with Crippen LogP contribution < -0.4 is 5.32 Å². The van der Waals surface area contributed by atoms with E-state index in [1.165, 1.54) is 18.2 Å². The predicted octanol–water partition coefficient (Wildman–Crippen LogP) is 2.31. The first kappa shape index (κ1) is 13.0. The van der Waals surface area contributed by atoms with Gasteiger partial charge in [0.2, 0.25) is 5.91 Å². The molecule has 1 aliphatic carbocycles. The molecule has 0 bridgehead atoms. The number of amides is 1. The summed E-state index contributed by atoms with van der Waals surface area (Å²) in [5.74, 6) is -0.591. The van der Waals surface area contributed by atoms with Gasteiger partial charge in [-0.1, -0.05) is 12.1 Å². The van der Waals surface area contributed by atoms with Crippen molar-refractivity contribution in [2.45, 2.75) is 44.2 Å². The maximum Gasteiger partial charge on any atom is 0.223 e. The number of halogens is 1. The zero-order valence-corrected chi connectivity index (χ0v) is 10.4. The molecule has 2 N–H and O–H groups in total. The number of hydrogen-bond acceptors (Lipinski definition) is 2. The van der Waals surface area contributed by atoms with E-state index in [-0.39, 0.29) is 17.9 Å². The van der Waals surface area contributed by atoms with E-state index >= 15 is 0 Å². The lowest BCUT2D eigenvalue weighted by atomic mass is 9.78. The highest BCUT2D eigenvalue weighted by Crippen LogP contribution is 2.31. The Bertz CT molecular complexity index is 443. The molecule has 18 heavy (non-hydrogen) atoms. The van der Waals surface area contributed by atoms with E-state index in [2.05, 4.69) is 5.32 Å². The second kappa shape index (κ2) is 5.06. The molecule has 0 spiro atoms. The Kier molecular flexibility index (Phi) is 3.66. The van der Waals surface area contributed by atoms with Crippen molar-refractivity contribution in [3.63, 3.8) is 0 Å². The predicted molar refractivity (Wildman–Crippen MR) is 66.4 cm³/mol. The average molecular weight is 251 g/mol. The standard InChI is InChI=1S/C14H18FNO2/c1-14(6-3-7-14)16-13(18)9-12(17)10-4-2-5-11(15)8-10/h2,4-5,8,12,17H,3,6-7,9H2,1H3,(H,16,18). The highest BCUT2D eigenvalue weighted by Gasteiger charge is 2.33. The van der Waals surface area contributed by atoms with Gasteiger partial charge in [-0.05, 0) is 43.9 Å². The zero-order chi connectivity index (χ0) is 13.2. The molecule has 1 aromatic carbocycles. The van der Waals surface area contributed by atoms with Crippen molar-refractivity contribution < 1.29 is 14.3 Å². The summed E-state index contributed by atoms with van der Waals surface area (Å²) in [6.07, 6.45) is 2.11. The van der Waals surface area contributed by atoms with Crippen LogP contribution in [0.3, 0.4) is 0 Å². The van der Waals surface area contributed by atoms with E-state index in [0.717, 1.165) is 19.3 Å². The minimum atomic E-state index is -0.954. The third-order valence-corrected chi connectivity index (χ3v) is 3.51. The molecular weight excluding hydrogens is 233 g/mol. The maximum absolute atomic E-state index is 13.0. The molecule has 1 saturated carbocycles. The Morgan fingerprint density at radius 1 is 1.56 bits per heavy atom.